The lowest BCUT2D eigenvalue weighted by atomic mass is 9.98. The molecule has 1 amide bonds. The SMILES string of the molecule is Cc1cc(-c2ccc(Nc3nc4ccc(F)cc4s3)cc2)ccc1C(=O)NC(C)(C)C(=O)O. The van der Waals surface area contributed by atoms with Crippen LogP contribution in [-0.2, 0) is 4.79 Å². The van der Waals surface area contributed by atoms with E-state index in [2.05, 4.69) is 15.6 Å². The fourth-order valence-electron chi connectivity index (χ4n) is 3.32. The van der Waals surface area contributed by atoms with Gasteiger partial charge < -0.3 is 15.7 Å². The number of thiazole rings is 1. The smallest absolute Gasteiger partial charge is 0.328 e. The number of nitrogens with one attached hydrogen (secondary N) is 2. The first-order valence-electron chi connectivity index (χ1n) is 10.2. The zero-order valence-electron chi connectivity index (χ0n) is 18.3. The predicted molar refractivity (Wildman–Crippen MR) is 129 cm³/mol. The number of hydrogen-bond acceptors (Lipinski definition) is 5. The number of benzene rings is 3. The van der Waals surface area contributed by atoms with E-state index in [0.29, 0.717) is 10.7 Å². The van der Waals surface area contributed by atoms with Crippen LogP contribution in [0.5, 0.6) is 0 Å². The van der Waals surface area contributed by atoms with Crippen molar-refractivity contribution >= 4 is 44.2 Å². The van der Waals surface area contributed by atoms with Crippen molar-refractivity contribution in [1.29, 1.82) is 0 Å². The number of carbonyl (C=O) groups excluding carboxylic acids is 1. The minimum absolute atomic E-state index is 0.286. The number of amides is 1. The van der Waals surface area contributed by atoms with Crippen LogP contribution < -0.4 is 10.6 Å². The van der Waals surface area contributed by atoms with Crippen LogP contribution in [0.1, 0.15) is 29.8 Å². The minimum Gasteiger partial charge on any atom is -0.480 e. The molecule has 3 N–H and O–H groups in total. The highest BCUT2D eigenvalue weighted by atomic mass is 32.1. The Morgan fingerprint density at radius 2 is 1.70 bits per heavy atom. The molecule has 33 heavy (non-hydrogen) atoms. The summed E-state index contributed by atoms with van der Waals surface area (Å²) in [5, 5.41) is 15.7. The molecule has 0 saturated carbocycles. The molecule has 1 aromatic heterocycles. The number of halogens is 1. The molecule has 0 aliphatic heterocycles. The third-order valence-corrected chi connectivity index (χ3v) is 6.19. The van der Waals surface area contributed by atoms with Crippen molar-refractivity contribution in [3.63, 3.8) is 0 Å². The molecule has 6 nitrogen and oxygen atoms in total. The molecule has 0 aliphatic rings. The summed E-state index contributed by atoms with van der Waals surface area (Å²) in [5.41, 5.74) is 3.31. The number of carboxylic acid groups (broad SMARTS) is 1. The van der Waals surface area contributed by atoms with E-state index in [0.717, 1.165) is 32.6 Å². The quantitative estimate of drug-likeness (QED) is 0.339. The minimum atomic E-state index is -1.36. The molecule has 0 atom stereocenters. The van der Waals surface area contributed by atoms with Gasteiger partial charge in [0.2, 0.25) is 0 Å². The fraction of sp³-hybridized carbons (Fsp3) is 0.160. The van der Waals surface area contributed by atoms with Crippen molar-refractivity contribution in [3.05, 3.63) is 77.6 Å². The van der Waals surface area contributed by atoms with Crippen LogP contribution in [0.3, 0.4) is 0 Å². The molecule has 0 radical (unpaired) electrons. The Morgan fingerprint density at radius 3 is 2.36 bits per heavy atom. The lowest BCUT2D eigenvalue weighted by molar-refractivity contribution is -0.143. The van der Waals surface area contributed by atoms with Crippen LogP contribution >= 0.6 is 11.3 Å². The van der Waals surface area contributed by atoms with Gasteiger partial charge in [0.05, 0.1) is 10.2 Å². The van der Waals surface area contributed by atoms with E-state index < -0.39 is 17.4 Å². The van der Waals surface area contributed by atoms with Gasteiger partial charge in [-0.1, -0.05) is 35.6 Å². The monoisotopic (exact) mass is 463 g/mol. The normalized spacial score (nSPS) is 11.4. The number of hydrogen-bond donors (Lipinski definition) is 3. The number of rotatable bonds is 6. The van der Waals surface area contributed by atoms with E-state index in [1.165, 1.54) is 37.3 Å². The Balaban J connectivity index is 1.49. The van der Waals surface area contributed by atoms with Crippen LogP contribution in [0.4, 0.5) is 15.2 Å². The molecule has 4 aromatic rings. The van der Waals surface area contributed by atoms with E-state index in [9.17, 15) is 19.1 Å². The summed E-state index contributed by atoms with van der Waals surface area (Å²) in [6.45, 7) is 4.70. The highest BCUT2D eigenvalue weighted by Crippen LogP contribution is 2.30. The van der Waals surface area contributed by atoms with Gasteiger partial charge in [-0.15, -0.1) is 0 Å². The summed E-state index contributed by atoms with van der Waals surface area (Å²) >= 11 is 1.38. The second-order valence-corrected chi connectivity index (χ2v) is 9.28. The molecule has 0 saturated heterocycles. The van der Waals surface area contributed by atoms with E-state index in [1.807, 2.05) is 43.3 Å². The maximum Gasteiger partial charge on any atom is 0.328 e. The summed E-state index contributed by atoms with van der Waals surface area (Å²) in [7, 11) is 0. The van der Waals surface area contributed by atoms with Gasteiger partial charge in [-0.05, 0) is 73.9 Å². The number of carbonyl (C=O) groups is 2. The van der Waals surface area contributed by atoms with E-state index in [4.69, 9.17) is 0 Å². The zero-order valence-corrected chi connectivity index (χ0v) is 19.1. The number of fused-ring (bicyclic) bond motifs is 1. The lowest BCUT2D eigenvalue weighted by Gasteiger charge is -2.21. The predicted octanol–water partition coefficient (Wildman–Crippen LogP) is 5.75. The number of aliphatic carboxylic acids is 1. The Morgan fingerprint density at radius 1 is 1.00 bits per heavy atom. The van der Waals surface area contributed by atoms with E-state index >= 15 is 0 Å². The van der Waals surface area contributed by atoms with Crippen molar-refractivity contribution in [2.75, 3.05) is 5.32 Å². The first kappa shape index (κ1) is 22.4. The van der Waals surface area contributed by atoms with Gasteiger partial charge in [-0.2, -0.15) is 0 Å². The average molecular weight is 464 g/mol. The summed E-state index contributed by atoms with van der Waals surface area (Å²) < 4.78 is 14.2. The highest BCUT2D eigenvalue weighted by Gasteiger charge is 2.29. The summed E-state index contributed by atoms with van der Waals surface area (Å²) in [5.74, 6) is -1.81. The maximum absolute atomic E-state index is 13.4. The first-order valence-corrected chi connectivity index (χ1v) is 11.0. The highest BCUT2D eigenvalue weighted by molar-refractivity contribution is 7.22. The Hall–Kier alpha value is -3.78. The number of nitrogens with zero attached hydrogens (tertiary/aromatic N) is 1. The van der Waals surface area contributed by atoms with Crippen molar-refractivity contribution in [2.24, 2.45) is 0 Å². The molecule has 8 heteroatoms. The summed E-state index contributed by atoms with van der Waals surface area (Å²) in [4.78, 5) is 28.3. The molecule has 0 bridgehead atoms. The van der Waals surface area contributed by atoms with Gasteiger partial charge in [0.15, 0.2) is 5.13 Å². The van der Waals surface area contributed by atoms with Gasteiger partial charge in [0.25, 0.3) is 5.91 Å². The number of aromatic nitrogens is 1. The van der Waals surface area contributed by atoms with Gasteiger partial charge >= 0.3 is 5.97 Å². The number of carboxylic acids is 1. The van der Waals surface area contributed by atoms with Crippen LogP contribution in [0, 0.1) is 12.7 Å². The number of aryl methyl sites for hydroxylation is 1. The second-order valence-electron chi connectivity index (χ2n) is 8.25. The van der Waals surface area contributed by atoms with Crippen LogP contribution in [0.25, 0.3) is 21.3 Å². The molecule has 0 spiro atoms. The third-order valence-electron chi connectivity index (χ3n) is 5.25. The molecular weight excluding hydrogens is 441 g/mol. The third kappa shape index (κ3) is 4.85. The largest absolute Gasteiger partial charge is 0.480 e. The maximum atomic E-state index is 13.4. The molecule has 168 valence electrons. The Bertz CT molecular complexity index is 1360. The second kappa shape index (κ2) is 8.63. The van der Waals surface area contributed by atoms with Crippen molar-refractivity contribution in [2.45, 2.75) is 26.3 Å². The Labute approximate surface area is 194 Å². The standard InChI is InChI=1S/C25H22FN3O3S/c1-14-12-16(6-10-19(14)22(30)29-25(2,3)23(31)32)15-4-8-18(9-5-15)27-24-28-20-11-7-17(26)13-21(20)33-24/h4-13H,1-3H3,(H,27,28)(H,29,30)(H,31,32). The molecular formula is C25H22FN3O3S. The lowest BCUT2D eigenvalue weighted by Crippen LogP contribution is -2.49. The zero-order chi connectivity index (χ0) is 23.8. The topological polar surface area (TPSA) is 91.3 Å². The molecule has 0 unspecified atom stereocenters. The molecule has 3 aromatic carbocycles. The van der Waals surface area contributed by atoms with Crippen molar-refractivity contribution < 1.29 is 19.1 Å². The van der Waals surface area contributed by atoms with Crippen LogP contribution in [0.15, 0.2) is 60.7 Å². The van der Waals surface area contributed by atoms with Crippen molar-refractivity contribution in [3.8, 4) is 11.1 Å². The summed E-state index contributed by atoms with van der Waals surface area (Å²) in [6, 6.07) is 17.7. The summed E-state index contributed by atoms with van der Waals surface area (Å²) in [6.07, 6.45) is 0. The number of anilines is 2. The van der Waals surface area contributed by atoms with Gasteiger partial charge in [0, 0.05) is 11.3 Å². The molecule has 4 rings (SSSR count). The fourth-order valence-corrected chi connectivity index (χ4v) is 4.23. The van der Waals surface area contributed by atoms with Gasteiger partial charge in [0.1, 0.15) is 11.4 Å². The van der Waals surface area contributed by atoms with Crippen LogP contribution in [0.2, 0.25) is 0 Å². The molecule has 0 aliphatic carbocycles. The molecule has 1 heterocycles. The van der Waals surface area contributed by atoms with Crippen LogP contribution in [-0.4, -0.2) is 27.5 Å². The van der Waals surface area contributed by atoms with Crippen molar-refractivity contribution in [1.82, 2.24) is 10.3 Å². The average Bonchev–Trinajstić information content (AvgIpc) is 3.15. The van der Waals surface area contributed by atoms with Gasteiger partial charge in [-0.3, -0.25) is 4.79 Å². The molecule has 0 fully saturated rings. The van der Waals surface area contributed by atoms with E-state index in [-0.39, 0.29) is 5.82 Å². The van der Waals surface area contributed by atoms with E-state index in [1.54, 1.807) is 12.1 Å². The Kier molecular flexibility index (Phi) is 5.86. The first-order chi connectivity index (χ1) is 15.6. The van der Waals surface area contributed by atoms with Gasteiger partial charge in [-0.25, -0.2) is 14.2 Å².